The number of carbonyl (C=O) groups is 1. The summed E-state index contributed by atoms with van der Waals surface area (Å²) in [6, 6.07) is -0.161. The standard InChI is InChI=1S/C19H28F2N4O4/c1-13-16(14(2)29-23-13)22-17(26)25-8-10-28-19(12-25)11-24(7-9-27-19)15-3-5-18(20,21)6-4-15/h15H,3-12H2,1-2H3,(H,22,26). The first-order chi connectivity index (χ1) is 13.8. The van der Waals surface area contributed by atoms with Crippen molar-refractivity contribution in [3.8, 4) is 0 Å². The fourth-order valence-electron chi connectivity index (χ4n) is 4.45. The molecule has 1 aromatic rings. The first-order valence-corrected chi connectivity index (χ1v) is 10.2. The van der Waals surface area contributed by atoms with Gasteiger partial charge in [-0.1, -0.05) is 5.16 Å². The van der Waals surface area contributed by atoms with Crippen molar-refractivity contribution in [2.75, 3.05) is 44.7 Å². The number of hydrogen-bond acceptors (Lipinski definition) is 6. The van der Waals surface area contributed by atoms with Crippen molar-refractivity contribution in [1.82, 2.24) is 15.0 Å². The molecular weight excluding hydrogens is 386 g/mol. The quantitative estimate of drug-likeness (QED) is 0.802. The van der Waals surface area contributed by atoms with E-state index in [1.54, 1.807) is 18.7 Å². The minimum atomic E-state index is -2.55. The van der Waals surface area contributed by atoms with E-state index in [-0.39, 0.29) is 31.5 Å². The second-order valence-electron chi connectivity index (χ2n) is 8.22. The zero-order chi connectivity index (χ0) is 20.6. The fraction of sp³-hybridized carbons (Fsp3) is 0.789. The summed E-state index contributed by atoms with van der Waals surface area (Å²) < 4.78 is 44.1. The normalized spacial score (nSPS) is 28.6. The zero-order valence-electron chi connectivity index (χ0n) is 16.9. The molecule has 2 aliphatic heterocycles. The van der Waals surface area contributed by atoms with Crippen LogP contribution in [0.3, 0.4) is 0 Å². The van der Waals surface area contributed by atoms with Crippen LogP contribution in [0.1, 0.15) is 37.1 Å². The molecule has 8 nitrogen and oxygen atoms in total. The van der Waals surface area contributed by atoms with Crippen LogP contribution in [0.4, 0.5) is 19.3 Å². The molecule has 0 bridgehead atoms. The summed E-state index contributed by atoms with van der Waals surface area (Å²) in [6.45, 7) is 6.19. The van der Waals surface area contributed by atoms with Gasteiger partial charge in [-0.25, -0.2) is 13.6 Å². The number of aryl methyl sites for hydroxylation is 2. The number of urea groups is 1. The summed E-state index contributed by atoms with van der Waals surface area (Å²) in [5, 5.41) is 6.71. The van der Waals surface area contributed by atoms with Gasteiger partial charge in [0.25, 0.3) is 0 Å². The van der Waals surface area contributed by atoms with Crippen molar-refractivity contribution >= 4 is 11.7 Å². The average molecular weight is 414 g/mol. The maximum absolute atomic E-state index is 13.5. The van der Waals surface area contributed by atoms with E-state index in [0.717, 1.165) is 0 Å². The van der Waals surface area contributed by atoms with Crippen LogP contribution in [-0.4, -0.2) is 78.1 Å². The lowest BCUT2D eigenvalue weighted by molar-refractivity contribution is -0.290. The molecule has 0 radical (unpaired) electrons. The van der Waals surface area contributed by atoms with E-state index >= 15 is 0 Å². The molecule has 1 aliphatic carbocycles. The molecule has 3 aliphatic rings. The van der Waals surface area contributed by atoms with Crippen molar-refractivity contribution in [2.24, 2.45) is 0 Å². The molecule has 10 heteroatoms. The van der Waals surface area contributed by atoms with Crippen LogP contribution in [0.5, 0.6) is 0 Å². The molecular formula is C19H28F2N4O4. The van der Waals surface area contributed by atoms with Crippen LogP contribution in [0.25, 0.3) is 0 Å². The highest BCUT2D eigenvalue weighted by Crippen LogP contribution is 2.37. The number of alkyl halides is 2. The number of ether oxygens (including phenoxy) is 2. The molecule has 1 N–H and O–H groups in total. The lowest BCUT2D eigenvalue weighted by Crippen LogP contribution is -2.64. The van der Waals surface area contributed by atoms with Crippen molar-refractivity contribution in [3.05, 3.63) is 11.5 Å². The van der Waals surface area contributed by atoms with Crippen LogP contribution in [0, 0.1) is 13.8 Å². The molecule has 3 heterocycles. The van der Waals surface area contributed by atoms with E-state index in [1.165, 1.54) is 0 Å². The molecule has 29 heavy (non-hydrogen) atoms. The third-order valence-corrected chi connectivity index (χ3v) is 6.10. The Morgan fingerprint density at radius 1 is 1.14 bits per heavy atom. The molecule has 2 amide bonds. The van der Waals surface area contributed by atoms with Crippen molar-refractivity contribution in [1.29, 1.82) is 0 Å². The van der Waals surface area contributed by atoms with Gasteiger partial charge in [0.2, 0.25) is 5.92 Å². The summed E-state index contributed by atoms with van der Waals surface area (Å²) in [7, 11) is 0. The van der Waals surface area contributed by atoms with Gasteiger partial charge in [-0.3, -0.25) is 4.90 Å². The topological polar surface area (TPSA) is 80.1 Å². The van der Waals surface area contributed by atoms with Crippen LogP contribution in [0.2, 0.25) is 0 Å². The van der Waals surface area contributed by atoms with Gasteiger partial charge in [-0.15, -0.1) is 0 Å². The Hall–Kier alpha value is -1.78. The molecule has 1 unspecified atom stereocenters. The summed E-state index contributed by atoms with van der Waals surface area (Å²) in [6.07, 6.45) is 0.794. The number of amides is 2. The molecule has 1 aromatic heterocycles. The molecule has 1 spiro atoms. The smallest absolute Gasteiger partial charge is 0.322 e. The molecule has 0 aromatic carbocycles. The molecule has 3 fully saturated rings. The number of hydrogen-bond donors (Lipinski definition) is 1. The first kappa shape index (κ1) is 20.5. The highest BCUT2D eigenvalue weighted by atomic mass is 19.3. The van der Waals surface area contributed by atoms with Crippen molar-refractivity contribution < 1.29 is 27.6 Å². The number of nitrogens with zero attached hydrogens (tertiary/aromatic N) is 3. The van der Waals surface area contributed by atoms with Gasteiger partial charge in [-0.05, 0) is 26.7 Å². The molecule has 2 saturated heterocycles. The van der Waals surface area contributed by atoms with Crippen LogP contribution in [0.15, 0.2) is 4.52 Å². The third kappa shape index (κ3) is 4.39. The predicted molar refractivity (Wildman–Crippen MR) is 100.0 cm³/mol. The minimum absolute atomic E-state index is 0.0746. The third-order valence-electron chi connectivity index (χ3n) is 6.10. The number of halogens is 2. The maximum atomic E-state index is 13.5. The lowest BCUT2D eigenvalue weighted by atomic mass is 9.90. The van der Waals surface area contributed by atoms with Gasteiger partial charge in [0, 0.05) is 32.0 Å². The summed E-state index contributed by atoms with van der Waals surface area (Å²) >= 11 is 0. The van der Waals surface area contributed by atoms with Gasteiger partial charge in [-0.2, -0.15) is 0 Å². The van der Waals surface area contributed by atoms with Gasteiger partial charge >= 0.3 is 6.03 Å². The van der Waals surface area contributed by atoms with E-state index in [2.05, 4.69) is 15.4 Å². The summed E-state index contributed by atoms with van der Waals surface area (Å²) in [5.74, 6) is -2.92. The number of morpholine rings is 2. The highest BCUT2D eigenvalue weighted by molar-refractivity contribution is 5.90. The fourth-order valence-corrected chi connectivity index (χ4v) is 4.45. The molecule has 162 valence electrons. The summed E-state index contributed by atoms with van der Waals surface area (Å²) in [4.78, 5) is 16.6. The van der Waals surface area contributed by atoms with E-state index < -0.39 is 11.7 Å². The van der Waals surface area contributed by atoms with E-state index in [0.29, 0.717) is 62.8 Å². The van der Waals surface area contributed by atoms with Gasteiger partial charge in [0.1, 0.15) is 11.4 Å². The highest BCUT2D eigenvalue weighted by Gasteiger charge is 2.46. The Morgan fingerprint density at radius 3 is 2.48 bits per heavy atom. The SMILES string of the molecule is Cc1noc(C)c1NC(=O)N1CCOC2(C1)CN(C1CCC(F)(F)CC1)CCO2. The van der Waals surface area contributed by atoms with Gasteiger partial charge < -0.3 is 24.2 Å². The van der Waals surface area contributed by atoms with Gasteiger partial charge in [0.15, 0.2) is 11.5 Å². The molecule has 4 rings (SSSR count). The zero-order valence-corrected chi connectivity index (χ0v) is 16.9. The number of rotatable bonds is 2. The molecule has 1 saturated carbocycles. The van der Waals surface area contributed by atoms with Gasteiger partial charge in [0.05, 0.1) is 26.3 Å². The number of carbonyl (C=O) groups excluding carboxylic acids is 1. The van der Waals surface area contributed by atoms with Crippen LogP contribution >= 0.6 is 0 Å². The Morgan fingerprint density at radius 2 is 1.83 bits per heavy atom. The van der Waals surface area contributed by atoms with E-state index in [1.807, 2.05) is 0 Å². The van der Waals surface area contributed by atoms with E-state index in [4.69, 9.17) is 14.0 Å². The minimum Gasteiger partial charge on any atom is -0.359 e. The molecule has 1 atom stereocenters. The van der Waals surface area contributed by atoms with E-state index in [9.17, 15) is 13.6 Å². The monoisotopic (exact) mass is 414 g/mol. The Kier molecular flexibility index (Phi) is 5.52. The Balaban J connectivity index is 1.39. The number of nitrogens with one attached hydrogen (secondary N) is 1. The average Bonchev–Trinajstić information content (AvgIpc) is 3.00. The summed E-state index contributed by atoms with van der Waals surface area (Å²) in [5.41, 5.74) is 1.19. The second kappa shape index (κ2) is 7.81. The predicted octanol–water partition coefficient (Wildman–Crippen LogP) is 2.76. The largest absolute Gasteiger partial charge is 0.359 e. The Labute approximate surface area is 168 Å². The van der Waals surface area contributed by atoms with Crippen LogP contribution in [-0.2, 0) is 9.47 Å². The van der Waals surface area contributed by atoms with Crippen molar-refractivity contribution in [3.63, 3.8) is 0 Å². The number of anilines is 1. The second-order valence-corrected chi connectivity index (χ2v) is 8.22. The maximum Gasteiger partial charge on any atom is 0.322 e. The van der Waals surface area contributed by atoms with Crippen LogP contribution < -0.4 is 5.32 Å². The number of aromatic nitrogens is 1. The van der Waals surface area contributed by atoms with Crippen molar-refractivity contribution in [2.45, 2.75) is 57.3 Å². The Bertz CT molecular complexity index is 725. The first-order valence-electron chi connectivity index (χ1n) is 10.2. The lowest BCUT2D eigenvalue weighted by Gasteiger charge is -2.49.